The molecule has 2 fully saturated rings. The van der Waals surface area contributed by atoms with E-state index in [1.165, 1.54) is 12.3 Å². The number of ether oxygens (including phenoxy) is 3. The third-order valence-electron chi connectivity index (χ3n) is 3.46. The minimum absolute atomic E-state index is 0.0665. The highest BCUT2D eigenvalue weighted by atomic mass is 19.1. The van der Waals surface area contributed by atoms with Crippen LogP contribution >= 0.6 is 0 Å². The second kappa shape index (κ2) is 4.73. The number of alkyl halides is 1. The van der Waals surface area contributed by atoms with Gasteiger partial charge in [0.15, 0.2) is 12.0 Å². The maximum atomic E-state index is 13.3. The Labute approximate surface area is 119 Å². The number of hydrogen-bond acceptors (Lipinski definition) is 7. The first-order valence-electron chi connectivity index (χ1n) is 6.46. The summed E-state index contributed by atoms with van der Waals surface area (Å²) in [4.78, 5) is 15.5. The van der Waals surface area contributed by atoms with Gasteiger partial charge in [-0.25, -0.2) is 9.18 Å². The molecule has 9 heteroatoms. The van der Waals surface area contributed by atoms with Crippen LogP contribution in [0.1, 0.15) is 20.1 Å². The van der Waals surface area contributed by atoms with E-state index in [1.807, 2.05) is 0 Å². The molecule has 21 heavy (non-hydrogen) atoms. The molecule has 1 aromatic rings. The van der Waals surface area contributed by atoms with Gasteiger partial charge in [-0.05, 0) is 19.9 Å². The maximum Gasteiger partial charge on any atom is 0.351 e. The van der Waals surface area contributed by atoms with Crippen LogP contribution in [0.15, 0.2) is 17.1 Å². The van der Waals surface area contributed by atoms with Gasteiger partial charge in [-0.1, -0.05) is 0 Å². The number of rotatable bonds is 2. The standard InChI is InChI=1S/C12H16FN3O5/c1-12(2)20-6-7(9(13)17)19-10(8(6)21-12)16-4-3-5(14)15-11(16)18/h3-4,6-10,17H,1-2H3,(H2,14,15,18)/t6-,7+,8-,9?,10-/m1/s1. The van der Waals surface area contributed by atoms with Crippen LogP contribution in [0.2, 0.25) is 0 Å². The van der Waals surface area contributed by atoms with E-state index in [0.29, 0.717) is 0 Å². The highest BCUT2D eigenvalue weighted by molar-refractivity contribution is 5.23. The summed E-state index contributed by atoms with van der Waals surface area (Å²) in [6.07, 6.45) is -4.63. The van der Waals surface area contributed by atoms with Gasteiger partial charge in [0.2, 0.25) is 6.36 Å². The molecule has 3 heterocycles. The zero-order chi connectivity index (χ0) is 15.4. The molecule has 2 saturated heterocycles. The second-order valence-electron chi connectivity index (χ2n) is 5.47. The van der Waals surface area contributed by atoms with Crippen molar-refractivity contribution in [3.63, 3.8) is 0 Å². The number of aliphatic hydroxyl groups is 1. The average Bonchev–Trinajstić information content (AvgIpc) is 2.82. The predicted octanol–water partition coefficient (Wildman–Crippen LogP) is -0.469. The van der Waals surface area contributed by atoms with Gasteiger partial charge in [0.05, 0.1) is 0 Å². The normalized spacial score (nSPS) is 35.6. The smallest absolute Gasteiger partial charge is 0.351 e. The fourth-order valence-electron chi connectivity index (χ4n) is 2.67. The lowest BCUT2D eigenvalue weighted by Gasteiger charge is -2.24. The van der Waals surface area contributed by atoms with Gasteiger partial charge >= 0.3 is 5.69 Å². The quantitative estimate of drug-likeness (QED) is 0.760. The molecule has 0 amide bonds. The summed E-state index contributed by atoms with van der Waals surface area (Å²) in [6, 6.07) is 1.42. The van der Waals surface area contributed by atoms with Crippen molar-refractivity contribution in [1.29, 1.82) is 0 Å². The van der Waals surface area contributed by atoms with Crippen molar-refractivity contribution < 1.29 is 23.7 Å². The lowest BCUT2D eigenvalue weighted by atomic mass is 10.1. The Hall–Kier alpha value is -1.55. The molecule has 1 unspecified atom stereocenters. The Morgan fingerprint density at radius 1 is 1.48 bits per heavy atom. The van der Waals surface area contributed by atoms with Crippen LogP contribution in [-0.2, 0) is 14.2 Å². The SMILES string of the molecule is CC1(C)O[C@@H]2[C@H](O1)[C@@H](C(O)F)O[C@H]2n1ccc(N)nc1=O. The van der Waals surface area contributed by atoms with Gasteiger partial charge in [-0.2, -0.15) is 4.98 Å². The minimum atomic E-state index is -2.25. The van der Waals surface area contributed by atoms with Gasteiger partial charge in [0, 0.05) is 6.20 Å². The molecule has 116 valence electrons. The molecule has 3 rings (SSSR count). The maximum absolute atomic E-state index is 13.3. The molecule has 0 aromatic carbocycles. The number of anilines is 1. The molecule has 0 spiro atoms. The Balaban J connectivity index is 1.97. The van der Waals surface area contributed by atoms with Gasteiger partial charge in [0.1, 0.15) is 24.1 Å². The van der Waals surface area contributed by atoms with Crippen LogP contribution in [0, 0.1) is 0 Å². The summed E-state index contributed by atoms with van der Waals surface area (Å²) < 4.78 is 31.1. The van der Waals surface area contributed by atoms with E-state index in [9.17, 15) is 14.3 Å². The fourth-order valence-corrected chi connectivity index (χ4v) is 2.67. The van der Waals surface area contributed by atoms with Crippen molar-refractivity contribution in [1.82, 2.24) is 9.55 Å². The van der Waals surface area contributed by atoms with E-state index in [-0.39, 0.29) is 5.82 Å². The summed E-state index contributed by atoms with van der Waals surface area (Å²) in [5, 5.41) is 9.20. The molecule has 5 atom stereocenters. The highest BCUT2D eigenvalue weighted by Crippen LogP contribution is 2.43. The molecule has 0 bridgehead atoms. The van der Waals surface area contributed by atoms with E-state index in [2.05, 4.69) is 4.98 Å². The van der Waals surface area contributed by atoms with Gasteiger partial charge in [0.25, 0.3) is 0 Å². The monoisotopic (exact) mass is 301 g/mol. The van der Waals surface area contributed by atoms with Crippen LogP contribution in [0.3, 0.4) is 0 Å². The van der Waals surface area contributed by atoms with E-state index >= 15 is 0 Å². The number of aromatic nitrogens is 2. The Bertz CT molecular complexity index is 605. The number of nitrogen functional groups attached to an aromatic ring is 1. The molecule has 2 aliphatic rings. The molecule has 8 nitrogen and oxygen atoms in total. The predicted molar refractivity (Wildman–Crippen MR) is 67.8 cm³/mol. The summed E-state index contributed by atoms with van der Waals surface area (Å²) in [5.74, 6) is -0.896. The lowest BCUT2D eigenvalue weighted by Crippen LogP contribution is -2.36. The zero-order valence-corrected chi connectivity index (χ0v) is 11.5. The number of fused-ring (bicyclic) bond motifs is 1. The first-order valence-corrected chi connectivity index (χ1v) is 6.46. The first-order chi connectivity index (χ1) is 9.78. The van der Waals surface area contributed by atoms with Gasteiger partial charge in [-0.3, -0.25) is 4.57 Å². The van der Waals surface area contributed by atoms with Gasteiger partial charge in [-0.15, -0.1) is 0 Å². The zero-order valence-electron chi connectivity index (χ0n) is 11.5. The third-order valence-corrected chi connectivity index (χ3v) is 3.46. The Morgan fingerprint density at radius 2 is 2.14 bits per heavy atom. The van der Waals surface area contributed by atoms with Crippen LogP contribution in [0.5, 0.6) is 0 Å². The van der Waals surface area contributed by atoms with E-state index < -0.39 is 42.4 Å². The molecule has 0 radical (unpaired) electrons. The summed E-state index contributed by atoms with van der Waals surface area (Å²) in [7, 11) is 0. The van der Waals surface area contributed by atoms with Crippen LogP contribution in [0.25, 0.3) is 0 Å². The van der Waals surface area contributed by atoms with Crippen molar-refractivity contribution in [2.45, 2.75) is 50.5 Å². The molecule has 0 aliphatic carbocycles. The first kappa shape index (κ1) is 14.4. The molecule has 1 aromatic heterocycles. The van der Waals surface area contributed by atoms with Crippen LogP contribution in [0.4, 0.5) is 10.2 Å². The fraction of sp³-hybridized carbons (Fsp3) is 0.667. The van der Waals surface area contributed by atoms with Crippen molar-refractivity contribution in [3.8, 4) is 0 Å². The molecule has 0 saturated carbocycles. The number of aliphatic hydroxyl groups excluding tert-OH is 1. The molecule has 2 aliphatic heterocycles. The van der Waals surface area contributed by atoms with Crippen LogP contribution in [-0.4, -0.2) is 45.1 Å². The number of nitrogens with zero attached hydrogens (tertiary/aromatic N) is 2. The van der Waals surface area contributed by atoms with Crippen molar-refractivity contribution in [2.24, 2.45) is 0 Å². The average molecular weight is 301 g/mol. The highest BCUT2D eigenvalue weighted by Gasteiger charge is 2.58. The van der Waals surface area contributed by atoms with Gasteiger partial charge < -0.3 is 25.1 Å². The van der Waals surface area contributed by atoms with Crippen molar-refractivity contribution in [3.05, 3.63) is 22.7 Å². The van der Waals surface area contributed by atoms with Crippen LogP contribution < -0.4 is 11.4 Å². The van der Waals surface area contributed by atoms with E-state index in [4.69, 9.17) is 19.9 Å². The topological polar surface area (TPSA) is 109 Å². The number of halogens is 1. The lowest BCUT2D eigenvalue weighted by molar-refractivity contribution is -0.218. The summed E-state index contributed by atoms with van der Waals surface area (Å²) in [6.45, 7) is 3.32. The largest absolute Gasteiger partial charge is 0.383 e. The number of hydrogen-bond donors (Lipinski definition) is 2. The van der Waals surface area contributed by atoms with E-state index in [0.717, 1.165) is 4.57 Å². The molecular weight excluding hydrogens is 285 g/mol. The molecular formula is C12H16FN3O5. The third kappa shape index (κ3) is 2.42. The second-order valence-corrected chi connectivity index (χ2v) is 5.47. The summed E-state index contributed by atoms with van der Waals surface area (Å²) >= 11 is 0. The minimum Gasteiger partial charge on any atom is -0.383 e. The Kier molecular flexibility index (Phi) is 3.24. The van der Waals surface area contributed by atoms with Crippen molar-refractivity contribution in [2.75, 3.05) is 5.73 Å². The molecule has 3 N–H and O–H groups in total. The number of nitrogens with two attached hydrogens (primary N) is 1. The Morgan fingerprint density at radius 3 is 2.76 bits per heavy atom. The van der Waals surface area contributed by atoms with E-state index in [1.54, 1.807) is 13.8 Å². The van der Waals surface area contributed by atoms with Crippen molar-refractivity contribution >= 4 is 5.82 Å². The summed E-state index contributed by atoms with van der Waals surface area (Å²) in [5.41, 5.74) is 4.78.